The van der Waals surface area contributed by atoms with Crippen LogP contribution in [-0.2, 0) is 0 Å². The van der Waals surface area contributed by atoms with E-state index in [1.54, 1.807) is 0 Å². The lowest BCUT2D eigenvalue weighted by atomic mass is 9.96. The van der Waals surface area contributed by atoms with Crippen LogP contribution in [0.4, 0.5) is 17.1 Å². The van der Waals surface area contributed by atoms with Crippen LogP contribution in [0.25, 0.3) is 86.9 Å². The second-order valence-electron chi connectivity index (χ2n) is 13.7. The van der Waals surface area contributed by atoms with Gasteiger partial charge in [-0.3, -0.25) is 0 Å². The number of para-hydroxylation sites is 1. The Balaban J connectivity index is 1.17. The zero-order chi connectivity index (χ0) is 34.2. The lowest BCUT2D eigenvalue weighted by molar-refractivity contribution is 0.672. The Morgan fingerprint density at radius 2 is 0.904 bits per heavy atom. The number of rotatable bonds is 4. The summed E-state index contributed by atoms with van der Waals surface area (Å²) in [6.45, 7) is 0. The predicted molar refractivity (Wildman–Crippen MR) is 221 cm³/mol. The molecule has 11 aromatic rings. The third-order valence-electron chi connectivity index (χ3n) is 10.8. The Bertz CT molecular complexity index is 3210. The lowest BCUT2D eigenvalue weighted by Crippen LogP contribution is -2.11. The molecule has 0 bridgehead atoms. The van der Waals surface area contributed by atoms with Crippen LogP contribution in [0.2, 0.25) is 0 Å². The van der Waals surface area contributed by atoms with E-state index in [0.717, 1.165) is 55.5 Å². The Hall–Kier alpha value is -6.90. The van der Waals surface area contributed by atoms with E-state index >= 15 is 0 Å². The molecule has 1 heterocycles. The molecule has 0 radical (unpaired) electrons. The van der Waals surface area contributed by atoms with E-state index in [-0.39, 0.29) is 0 Å². The van der Waals surface area contributed by atoms with Crippen molar-refractivity contribution in [3.63, 3.8) is 0 Å². The maximum atomic E-state index is 6.52. The fourth-order valence-corrected chi connectivity index (χ4v) is 8.35. The van der Waals surface area contributed by atoms with Gasteiger partial charge in [0.1, 0.15) is 11.2 Å². The number of nitrogens with zero attached hydrogens (tertiary/aromatic N) is 1. The molecular formula is C50H31NO. The monoisotopic (exact) mass is 661 g/mol. The molecule has 0 saturated heterocycles. The van der Waals surface area contributed by atoms with Crippen molar-refractivity contribution in [3.8, 4) is 11.1 Å². The highest BCUT2D eigenvalue weighted by Gasteiger charge is 2.21. The molecule has 1 aromatic heterocycles. The molecule has 0 aliphatic rings. The van der Waals surface area contributed by atoms with Gasteiger partial charge in [-0.1, -0.05) is 146 Å². The summed E-state index contributed by atoms with van der Waals surface area (Å²) in [4.78, 5) is 2.45. The summed E-state index contributed by atoms with van der Waals surface area (Å²) >= 11 is 0. The highest BCUT2D eigenvalue weighted by Crippen LogP contribution is 2.46. The molecule has 0 amide bonds. The van der Waals surface area contributed by atoms with Gasteiger partial charge in [-0.15, -0.1) is 0 Å². The zero-order valence-corrected chi connectivity index (χ0v) is 28.3. The van der Waals surface area contributed by atoms with E-state index in [4.69, 9.17) is 4.42 Å². The minimum atomic E-state index is 0.895. The topological polar surface area (TPSA) is 16.4 Å². The molecule has 0 N–H and O–H groups in total. The summed E-state index contributed by atoms with van der Waals surface area (Å²) in [6.07, 6.45) is 0. The van der Waals surface area contributed by atoms with Crippen LogP contribution in [0.15, 0.2) is 192 Å². The van der Waals surface area contributed by atoms with Crippen molar-refractivity contribution in [2.45, 2.75) is 0 Å². The molecule has 0 unspecified atom stereocenters. The fraction of sp³-hybridized carbons (Fsp3) is 0. The summed E-state index contributed by atoms with van der Waals surface area (Å²) in [7, 11) is 0. The zero-order valence-electron chi connectivity index (χ0n) is 28.3. The Morgan fingerprint density at radius 1 is 0.327 bits per heavy atom. The van der Waals surface area contributed by atoms with Gasteiger partial charge in [0.25, 0.3) is 0 Å². The van der Waals surface area contributed by atoms with E-state index in [9.17, 15) is 0 Å². The Morgan fingerprint density at radius 3 is 1.73 bits per heavy atom. The van der Waals surface area contributed by atoms with Crippen molar-refractivity contribution in [3.05, 3.63) is 188 Å². The van der Waals surface area contributed by atoms with E-state index in [2.05, 4.69) is 193 Å². The van der Waals surface area contributed by atoms with E-state index in [1.807, 2.05) is 0 Å². The number of hydrogen-bond acceptors (Lipinski definition) is 2. The standard InChI is InChI=1S/C50H31NO/c1-4-13-38-32(10-1)20-21-35-30-37(25-28-40(35)38)51(48-19-9-17-43-39-14-5-2-11-33(39)22-26-44(43)48)47-18-8-7-15-41(47)36-24-29-49-46(31-36)45-27-23-34-12-3-6-16-42(34)50(45)52-49/h1-31H. The van der Waals surface area contributed by atoms with Crippen LogP contribution >= 0.6 is 0 Å². The lowest BCUT2D eigenvalue weighted by Gasteiger charge is -2.29. The van der Waals surface area contributed by atoms with E-state index in [0.29, 0.717) is 0 Å². The minimum absolute atomic E-state index is 0.895. The van der Waals surface area contributed by atoms with Gasteiger partial charge in [0.15, 0.2) is 0 Å². The first-order valence-corrected chi connectivity index (χ1v) is 17.8. The third-order valence-corrected chi connectivity index (χ3v) is 10.8. The van der Waals surface area contributed by atoms with Gasteiger partial charge >= 0.3 is 0 Å². The molecule has 0 fully saturated rings. The molecule has 10 aromatic carbocycles. The number of fused-ring (bicyclic) bond motifs is 11. The quantitative estimate of drug-likeness (QED) is 0.175. The smallest absolute Gasteiger partial charge is 0.143 e. The number of benzene rings is 10. The largest absolute Gasteiger partial charge is 0.455 e. The molecule has 52 heavy (non-hydrogen) atoms. The number of furan rings is 1. The van der Waals surface area contributed by atoms with Gasteiger partial charge in [-0.2, -0.15) is 0 Å². The molecule has 11 rings (SSSR count). The minimum Gasteiger partial charge on any atom is -0.455 e. The second kappa shape index (κ2) is 11.3. The van der Waals surface area contributed by atoms with Gasteiger partial charge in [0, 0.05) is 32.8 Å². The summed E-state index contributed by atoms with van der Waals surface area (Å²) in [5, 5.41) is 14.5. The first-order chi connectivity index (χ1) is 25.8. The first kappa shape index (κ1) is 28.9. The highest BCUT2D eigenvalue weighted by atomic mass is 16.3. The van der Waals surface area contributed by atoms with Crippen LogP contribution in [0.1, 0.15) is 0 Å². The SMILES string of the molecule is c1ccc(N(c2ccc3c(ccc4ccccc43)c2)c2cccc3c2ccc2ccccc23)c(-c2ccc3oc4c5ccccc5ccc4c3c2)c1. The summed E-state index contributed by atoms with van der Waals surface area (Å²) in [5.41, 5.74) is 7.48. The average Bonchev–Trinajstić information content (AvgIpc) is 3.59. The van der Waals surface area contributed by atoms with Gasteiger partial charge in [0.2, 0.25) is 0 Å². The number of anilines is 3. The molecule has 0 saturated carbocycles. The maximum absolute atomic E-state index is 6.52. The maximum Gasteiger partial charge on any atom is 0.143 e. The van der Waals surface area contributed by atoms with Crippen LogP contribution in [0.3, 0.4) is 0 Å². The molecule has 0 aliphatic heterocycles. The van der Waals surface area contributed by atoms with Crippen molar-refractivity contribution in [1.29, 1.82) is 0 Å². The summed E-state index contributed by atoms with van der Waals surface area (Å²) in [6, 6.07) is 68.2. The Labute approximate surface area is 300 Å². The van der Waals surface area contributed by atoms with Gasteiger partial charge in [-0.25, -0.2) is 0 Å². The molecule has 2 heteroatoms. The molecule has 0 spiro atoms. The molecule has 242 valence electrons. The summed E-state index contributed by atoms with van der Waals surface area (Å²) < 4.78 is 6.52. The van der Waals surface area contributed by atoms with Crippen LogP contribution in [-0.4, -0.2) is 0 Å². The third kappa shape index (κ3) is 4.38. The van der Waals surface area contributed by atoms with Crippen molar-refractivity contribution in [2.75, 3.05) is 4.90 Å². The highest BCUT2D eigenvalue weighted by molar-refractivity contribution is 6.17. The normalized spacial score (nSPS) is 11.8. The van der Waals surface area contributed by atoms with Crippen molar-refractivity contribution in [1.82, 2.24) is 0 Å². The van der Waals surface area contributed by atoms with Crippen LogP contribution < -0.4 is 4.90 Å². The van der Waals surface area contributed by atoms with Crippen molar-refractivity contribution >= 4 is 92.9 Å². The van der Waals surface area contributed by atoms with Gasteiger partial charge in [0.05, 0.1) is 11.4 Å². The second-order valence-corrected chi connectivity index (χ2v) is 13.7. The van der Waals surface area contributed by atoms with E-state index < -0.39 is 0 Å². The van der Waals surface area contributed by atoms with Crippen molar-refractivity contribution < 1.29 is 4.42 Å². The molecule has 2 nitrogen and oxygen atoms in total. The van der Waals surface area contributed by atoms with Crippen molar-refractivity contribution in [2.24, 2.45) is 0 Å². The van der Waals surface area contributed by atoms with E-state index in [1.165, 1.54) is 48.5 Å². The summed E-state index contributed by atoms with van der Waals surface area (Å²) in [5.74, 6) is 0. The predicted octanol–water partition coefficient (Wildman–Crippen LogP) is 14.5. The average molecular weight is 662 g/mol. The molecule has 0 atom stereocenters. The van der Waals surface area contributed by atoms with Gasteiger partial charge < -0.3 is 9.32 Å². The Kier molecular flexibility index (Phi) is 6.28. The van der Waals surface area contributed by atoms with Crippen LogP contribution in [0.5, 0.6) is 0 Å². The van der Waals surface area contributed by atoms with Crippen LogP contribution in [0, 0.1) is 0 Å². The fourth-order valence-electron chi connectivity index (χ4n) is 8.35. The first-order valence-electron chi connectivity index (χ1n) is 17.8. The molecular weight excluding hydrogens is 631 g/mol. The van der Waals surface area contributed by atoms with Gasteiger partial charge in [-0.05, 0) is 91.1 Å². The number of hydrogen-bond donors (Lipinski definition) is 0. The molecule has 0 aliphatic carbocycles.